The van der Waals surface area contributed by atoms with E-state index >= 15 is 0 Å². The van der Waals surface area contributed by atoms with Gasteiger partial charge in [-0.05, 0) is 48.1 Å². The lowest BCUT2D eigenvalue weighted by Gasteiger charge is -2.33. The van der Waals surface area contributed by atoms with Crippen LogP contribution in [0.1, 0.15) is 48.7 Å². The zero-order valence-electron chi connectivity index (χ0n) is 20.1. The van der Waals surface area contributed by atoms with Crippen LogP contribution in [0.3, 0.4) is 0 Å². The molecule has 0 saturated carbocycles. The number of piperazine rings is 1. The molecule has 1 saturated heterocycles. The van der Waals surface area contributed by atoms with Crippen molar-refractivity contribution in [1.29, 1.82) is 0 Å². The summed E-state index contributed by atoms with van der Waals surface area (Å²) in [4.78, 5) is 7.42. The summed E-state index contributed by atoms with van der Waals surface area (Å²) in [6.45, 7) is 12.9. The lowest BCUT2D eigenvalue weighted by atomic mass is 9.87. The van der Waals surface area contributed by atoms with Gasteiger partial charge in [0.1, 0.15) is 0 Å². The minimum absolute atomic E-state index is 0.00147. The van der Waals surface area contributed by atoms with Gasteiger partial charge >= 0.3 is 0 Å². The number of sulfonamides is 1. The van der Waals surface area contributed by atoms with Gasteiger partial charge in [-0.15, -0.1) is 11.3 Å². The summed E-state index contributed by atoms with van der Waals surface area (Å²) in [5.74, 6) is 0. The summed E-state index contributed by atoms with van der Waals surface area (Å²) >= 11 is 1.64. The fourth-order valence-corrected chi connectivity index (χ4v) is 6.41. The minimum atomic E-state index is -3.48. The van der Waals surface area contributed by atoms with Crippen molar-refractivity contribution in [1.82, 2.24) is 9.29 Å². The number of anilines is 1. The number of rotatable bonds is 5. The molecule has 0 spiro atoms. The van der Waals surface area contributed by atoms with Gasteiger partial charge in [-0.3, -0.25) is 0 Å². The zero-order valence-corrected chi connectivity index (χ0v) is 21.8. The van der Waals surface area contributed by atoms with Crippen LogP contribution in [-0.2, 0) is 21.9 Å². The lowest BCUT2D eigenvalue weighted by Crippen LogP contribution is -2.48. The number of thiazole rings is 1. The summed E-state index contributed by atoms with van der Waals surface area (Å²) in [6, 6.07) is 13.9. The first kappa shape index (κ1) is 23.9. The average Bonchev–Trinajstić information content (AvgIpc) is 3.24. The Morgan fingerprint density at radius 3 is 2.27 bits per heavy atom. The van der Waals surface area contributed by atoms with E-state index in [-0.39, 0.29) is 5.41 Å². The first-order valence-electron chi connectivity index (χ1n) is 11.4. The maximum absolute atomic E-state index is 13.2. The van der Waals surface area contributed by atoms with Crippen molar-refractivity contribution < 1.29 is 8.42 Å². The Kier molecular flexibility index (Phi) is 6.67. The fourth-order valence-electron chi connectivity index (χ4n) is 4.10. The average molecular weight is 484 g/mol. The topological polar surface area (TPSA) is 53.5 Å². The van der Waals surface area contributed by atoms with E-state index in [9.17, 15) is 8.42 Å². The van der Waals surface area contributed by atoms with Gasteiger partial charge in [0.25, 0.3) is 0 Å². The van der Waals surface area contributed by atoms with Gasteiger partial charge in [0.15, 0.2) is 5.13 Å². The van der Waals surface area contributed by atoms with Crippen LogP contribution in [0.15, 0.2) is 52.7 Å². The second-order valence-corrected chi connectivity index (χ2v) is 12.7. The first-order valence-corrected chi connectivity index (χ1v) is 13.7. The highest BCUT2D eigenvalue weighted by atomic mass is 32.2. The number of aromatic nitrogens is 1. The Morgan fingerprint density at radius 2 is 1.64 bits per heavy atom. The third-order valence-corrected chi connectivity index (χ3v) is 9.15. The third kappa shape index (κ3) is 5.31. The maximum atomic E-state index is 13.2. The molecule has 2 aromatic carbocycles. The second-order valence-electron chi connectivity index (χ2n) is 9.89. The smallest absolute Gasteiger partial charge is 0.243 e. The number of aryl methyl sites for hydroxylation is 2. The highest BCUT2D eigenvalue weighted by molar-refractivity contribution is 7.89. The second kappa shape index (κ2) is 9.20. The van der Waals surface area contributed by atoms with Crippen LogP contribution >= 0.6 is 11.3 Å². The molecule has 33 heavy (non-hydrogen) atoms. The van der Waals surface area contributed by atoms with Crippen molar-refractivity contribution in [2.24, 2.45) is 0 Å². The highest BCUT2D eigenvalue weighted by Crippen LogP contribution is 2.27. The summed E-state index contributed by atoms with van der Waals surface area (Å²) < 4.78 is 27.9. The van der Waals surface area contributed by atoms with Crippen LogP contribution < -0.4 is 4.90 Å². The standard InChI is InChI=1S/C26H33N3O2S2/c1-19-6-7-20(2)21(16-19)17-23-18-32-25(27-23)28-12-14-29(15-13-28)33(30,31)24-10-8-22(9-11-24)26(3,4)5/h6-11,16,18H,12-15,17H2,1-5H3. The Bertz CT molecular complexity index is 1220. The van der Waals surface area contributed by atoms with Crippen molar-refractivity contribution in [3.05, 3.63) is 75.8 Å². The third-order valence-electron chi connectivity index (χ3n) is 6.28. The molecule has 0 atom stereocenters. The van der Waals surface area contributed by atoms with E-state index in [0.717, 1.165) is 22.8 Å². The van der Waals surface area contributed by atoms with Gasteiger partial charge in [0, 0.05) is 38.0 Å². The van der Waals surface area contributed by atoms with Gasteiger partial charge in [-0.2, -0.15) is 4.31 Å². The minimum Gasteiger partial charge on any atom is -0.345 e. The van der Waals surface area contributed by atoms with Crippen molar-refractivity contribution >= 4 is 26.5 Å². The molecule has 5 nitrogen and oxygen atoms in total. The molecule has 0 radical (unpaired) electrons. The monoisotopic (exact) mass is 483 g/mol. The van der Waals surface area contributed by atoms with E-state index in [1.807, 2.05) is 12.1 Å². The number of hydrogen-bond donors (Lipinski definition) is 0. The molecule has 0 N–H and O–H groups in total. The molecule has 0 amide bonds. The maximum Gasteiger partial charge on any atom is 0.243 e. The van der Waals surface area contributed by atoms with E-state index in [2.05, 4.69) is 63.1 Å². The van der Waals surface area contributed by atoms with Crippen molar-refractivity contribution in [3.63, 3.8) is 0 Å². The Labute approximate surface area is 202 Å². The number of hydrogen-bond acceptors (Lipinski definition) is 5. The van der Waals surface area contributed by atoms with E-state index in [4.69, 9.17) is 4.98 Å². The van der Waals surface area contributed by atoms with Crippen LogP contribution in [0.5, 0.6) is 0 Å². The predicted molar refractivity (Wildman–Crippen MR) is 137 cm³/mol. The molecule has 176 valence electrons. The zero-order chi connectivity index (χ0) is 23.8. The Hall–Kier alpha value is -2.22. The number of benzene rings is 2. The van der Waals surface area contributed by atoms with Crippen molar-refractivity contribution in [2.75, 3.05) is 31.1 Å². The van der Waals surface area contributed by atoms with Crippen LogP contribution in [0.25, 0.3) is 0 Å². The molecule has 1 aliphatic heterocycles. The van der Waals surface area contributed by atoms with E-state index in [1.165, 1.54) is 16.7 Å². The fraction of sp³-hybridized carbons (Fsp3) is 0.423. The predicted octanol–water partition coefficient (Wildman–Crippen LogP) is 5.16. The molecule has 0 aliphatic carbocycles. The van der Waals surface area contributed by atoms with Crippen molar-refractivity contribution in [3.8, 4) is 0 Å². The largest absolute Gasteiger partial charge is 0.345 e. The molecule has 3 aromatic rings. The summed E-state index contributed by atoms with van der Waals surface area (Å²) in [5.41, 5.74) is 6.05. The molecule has 1 fully saturated rings. The summed E-state index contributed by atoms with van der Waals surface area (Å²) in [5, 5.41) is 3.10. The molecule has 4 rings (SSSR count). The Morgan fingerprint density at radius 1 is 0.970 bits per heavy atom. The Balaban J connectivity index is 1.40. The molecule has 2 heterocycles. The summed E-state index contributed by atoms with van der Waals surface area (Å²) in [6.07, 6.45) is 0.822. The van der Waals surface area contributed by atoms with Crippen molar-refractivity contribution in [2.45, 2.75) is 51.3 Å². The van der Waals surface area contributed by atoms with Crippen LogP contribution in [-0.4, -0.2) is 43.9 Å². The van der Waals surface area contributed by atoms with Crippen LogP contribution in [0, 0.1) is 13.8 Å². The quantitative estimate of drug-likeness (QED) is 0.503. The molecule has 0 unspecified atom stereocenters. The van der Waals surface area contributed by atoms with Crippen LogP contribution in [0.2, 0.25) is 0 Å². The van der Waals surface area contributed by atoms with Gasteiger partial charge in [-0.25, -0.2) is 13.4 Å². The highest BCUT2D eigenvalue weighted by Gasteiger charge is 2.29. The molecule has 7 heteroatoms. The van der Waals surface area contributed by atoms with Gasteiger partial charge in [-0.1, -0.05) is 56.7 Å². The van der Waals surface area contributed by atoms with Gasteiger partial charge in [0.05, 0.1) is 10.6 Å². The SMILES string of the molecule is Cc1ccc(C)c(Cc2csc(N3CCN(S(=O)(=O)c4ccc(C(C)(C)C)cc4)CC3)n2)c1. The molecule has 1 aliphatic rings. The summed E-state index contributed by atoms with van der Waals surface area (Å²) in [7, 11) is -3.48. The van der Waals surface area contributed by atoms with Gasteiger partial charge < -0.3 is 4.90 Å². The first-order chi connectivity index (χ1) is 15.5. The number of nitrogens with zero attached hydrogens (tertiary/aromatic N) is 3. The normalized spacial score (nSPS) is 15.7. The lowest BCUT2D eigenvalue weighted by molar-refractivity contribution is 0.384. The van der Waals surface area contributed by atoms with Crippen LogP contribution in [0.4, 0.5) is 5.13 Å². The molecule has 0 bridgehead atoms. The molecule has 1 aromatic heterocycles. The van der Waals surface area contributed by atoms with E-state index < -0.39 is 10.0 Å². The van der Waals surface area contributed by atoms with Gasteiger partial charge in [0.2, 0.25) is 10.0 Å². The van der Waals surface area contributed by atoms with E-state index in [1.54, 1.807) is 27.8 Å². The van der Waals surface area contributed by atoms with E-state index in [0.29, 0.717) is 31.1 Å². The molecular weight excluding hydrogens is 450 g/mol. The molecular formula is C26H33N3O2S2.